The summed E-state index contributed by atoms with van der Waals surface area (Å²) in [5.41, 5.74) is 0.424. The normalized spacial score (nSPS) is 25.0. The summed E-state index contributed by atoms with van der Waals surface area (Å²) in [4.78, 5) is 0. The van der Waals surface area contributed by atoms with Gasteiger partial charge in [-0.2, -0.15) is 4.39 Å². The number of aryl methyl sites for hydroxylation is 1. The maximum atomic E-state index is 14.8. The molecule has 0 aromatic heterocycles. The lowest BCUT2D eigenvalue weighted by Gasteiger charge is -2.38. The van der Waals surface area contributed by atoms with Gasteiger partial charge in [0.25, 0.3) is 0 Å². The van der Waals surface area contributed by atoms with Crippen LogP contribution in [0.1, 0.15) is 83.1 Å². The molecule has 0 saturated heterocycles. The lowest BCUT2D eigenvalue weighted by Crippen LogP contribution is -2.27. The van der Waals surface area contributed by atoms with E-state index in [0.717, 1.165) is 30.6 Å². The highest BCUT2D eigenvalue weighted by molar-refractivity contribution is 6.33. The standard InChI is InChI=1S/C30H38ClF3O/c1-3-4-5-20-7-11-22(12-8-20)23-13-9-21(10-14-23)18-35-26-17-16-25(29(33)30(26)34)24-15-6-19(2)28(32)27(24)31/h6,15-17,20-23H,3-5,7-14,18H2,1-2H3/t20-,21-,22-,23-. The topological polar surface area (TPSA) is 9.23 Å². The lowest BCUT2D eigenvalue weighted by atomic mass is 9.69. The van der Waals surface area contributed by atoms with Crippen molar-refractivity contribution in [1.82, 2.24) is 0 Å². The van der Waals surface area contributed by atoms with Crippen molar-refractivity contribution in [1.29, 1.82) is 0 Å². The Morgan fingerprint density at radius 1 is 0.771 bits per heavy atom. The van der Waals surface area contributed by atoms with Crippen molar-refractivity contribution in [2.75, 3.05) is 6.61 Å². The number of benzene rings is 2. The van der Waals surface area contributed by atoms with Crippen LogP contribution in [0.3, 0.4) is 0 Å². The molecule has 2 fully saturated rings. The third-order valence-electron chi connectivity index (χ3n) is 8.50. The number of hydrogen-bond acceptors (Lipinski definition) is 1. The van der Waals surface area contributed by atoms with Crippen molar-refractivity contribution < 1.29 is 17.9 Å². The van der Waals surface area contributed by atoms with Crippen molar-refractivity contribution in [2.24, 2.45) is 23.7 Å². The molecule has 2 aromatic carbocycles. The minimum atomic E-state index is -1.06. The van der Waals surface area contributed by atoms with Gasteiger partial charge in [-0.15, -0.1) is 0 Å². The highest BCUT2D eigenvalue weighted by Gasteiger charge is 2.31. The molecule has 2 aliphatic carbocycles. The van der Waals surface area contributed by atoms with Crippen molar-refractivity contribution in [2.45, 2.75) is 84.5 Å². The maximum Gasteiger partial charge on any atom is 0.201 e. The van der Waals surface area contributed by atoms with Crippen LogP contribution in [0.15, 0.2) is 24.3 Å². The second-order valence-electron chi connectivity index (χ2n) is 10.8. The van der Waals surface area contributed by atoms with Gasteiger partial charge >= 0.3 is 0 Å². The number of halogens is 4. The first-order valence-corrected chi connectivity index (χ1v) is 13.8. The van der Waals surface area contributed by atoms with Gasteiger partial charge < -0.3 is 4.74 Å². The van der Waals surface area contributed by atoms with Gasteiger partial charge in [-0.25, -0.2) is 8.78 Å². The van der Waals surface area contributed by atoms with Crippen LogP contribution in [0.2, 0.25) is 5.02 Å². The zero-order chi connectivity index (χ0) is 24.9. The Kier molecular flexibility index (Phi) is 9.07. The fourth-order valence-electron chi connectivity index (χ4n) is 6.18. The minimum Gasteiger partial charge on any atom is -0.490 e. The SMILES string of the molecule is CCCC[C@H]1CC[C@H]([C@H]2CC[C@H](COc3ccc(-c4ccc(C)c(F)c4Cl)c(F)c3F)CC2)CC1. The molecule has 2 saturated carbocycles. The largest absolute Gasteiger partial charge is 0.490 e. The quantitative estimate of drug-likeness (QED) is 0.346. The Morgan fingerprint density at radius 3 is 2.00 bits per heavy atom. The number of ether oxygens (including phenoxy) is 1. The molecule has 0 unspecified atom stereocenters. The van der Waals surface area contributed by atoms with Crippen LogP contribution in [-0.4, -0.2) is 6.61 Å². The Hall–Kier alpha value is -1.68. The zero-order valence-electron chi connectivity index (χ0n) is 21.0. The van der Waals surface area contributed by atoms with Crippen LogP contribution >= 0.6 is 11.6 Å². The zero-order valence-corrected chi connectivity index (χ0v) is 21.8. The van der Waals surface area contributed by atoms with Gasteiger partial charge in [0.15, 0.2) is 11.6 Å². The van der Waals surface area contributed by atoms with Gasteiger partial charge in [-0.05, 0) is 86.8 Å². The first-order chi connectivity index (χ1) is 16.9. The summed E-state index contributed by atoms with van der Waals surface area (Å²) in [6.07, 6.45) is 14.2. The van der Waals surface area contributed by atoms with E-state index >= 15 is 0 Å². The third kappa shape index (κ3) is 6.18. The maximum absolute atomic E-state index is 14.8. The molecule has 1 nitrogen and oxygen atoms in total. The lowest BCUT2D eigenvalue weighted by molar-refractivity contribution is 0.120. The summed E-state index contributed by atoms with van der Waals surface area (Å²) in [5.74, 6) is 0.165. The second kappa shape index (κ2) is 12.0. The van der Waals surface area contributed by atoms with E-state index in [2.05, 4.69) is 6.92 Å². The van der Waals surface area contributed by atoms with E-state index < -0.39 is 17.5 Å². The Bertz CT molecular complexity index is 992. The average Bonchev–Trinajstić information content (AvgIpc) is 2.88. The van der Waals surface area contributed by atoms with Gasteiger partial charge in [0.2, 0.25) is 5.82 Å². The molecular formula is C30H38ClF3O. The fraction of sp³-hybridized carbons (Fsp3) is 0.600. The monoisotopic (exact) mass is 506 g/mol. The molecule has 35 heavy (non-hydrogen) atoms. The van der Waals surface area contributed by atoms with Crippen molar-refractivity contribution >= 4 is 11.6 Å². The Morgan fingerprint density at radius 2 is 1.37 bits per heavy atom. The first-order valence-electron chi connectivity index (χ1n) is 13.4. The van der Waals surface area contributed by atoms with Crippen LogP contribution in [0.4, 0.5) is 13.2 Å². The fourth-order valence-corrected chi connectivity index (χ4v) is 6.49. The van der Waals surface area contributed by atoms with Crippen LogP contribution in [-0.2, 0) is 0 Å². The number of hydrogen-bond donors (Lipinski definition) is 0. The first kappa shape index (κ1) is 26.4. The summed E-state index contributed by atoms with van der Waals surface area (Å²) in [6.45, 7) is 4.24. The Balaban J connectivity index is 1.29. The molecule has 0 radical (unpaired) electrons. The summed E-state index contributed by atoms with van der Waals surface area (Å²) in [5, 5.41) is -0.205. The molecule has 0 aliphatic heterocycles. The summed E-state index contributed by atoms with van der Waals surface area (Å²) in [7, 11) is 0. The summed E-state index contributed by atoms with van der Waals surface area (Å²) in [6, 6.07) is 5.85. The van der Waals surface area contributed by atoms with Crippen molar-refractivity contribution in [3.63, 3.8) is 0 Å². The minimum absolute atomic E-state index is 0.0660. The molecular weight excluding hydrogens is 469 g/mol. The molecule has 2 aromatic rings. The predicted octanol–water partition coefficient (Wildman–Crippen LogP) is 9.91. The number of rotatable bonds is 8. The van der Waals surface area contributed by atoms with Gasteiger partial charge in [0.05, 0.1) is 11.6 Å². The molecule has 0 heterocycles. The van der Waals surface area contributed by atoms with E-state index in [0.29, 0.717) is 18.1 Å². The highest BCUT2D eigenvalue weighted by atomic mass is 35.5. The molecule has 0 amide bonds. The van der Waals surface area contributed by atoms with Crippen LogP contribution in [0, 0.1) is 48.0 Å². The molecule has 2 aliphatic rings. The summed E-state index contributed by atoms with van der Waals surface area (Å²) < 4.78 is 49.5. The van der Waals surface area contributed by atoms with E-state index in [-0.39, 0.29) is 21.9 Å². The molecule has 0 bridgehead atoms. The van der Waals surface area contributed by atoms with E-state index in [9.17, 15) is 13.2 Å². The van der Waals surface area contributed by atoms with Gasteiger partial charge in [-0.3, -0.25) is 0 Å². The number of unbranched alkanes of at least 4 members (excludes halogenated alkanes) is 1. The third-order valence-corrected chi connectivity index (χ3v) is 8.87. The smallest absolute Gasteiger partial charge is 0.201 e. The second-order valence-corrected chi connectivity index (χ2v) is 11.2. The molecule has 5 heteroatoms. The van der Waals surface area contributed by atoms with E-state index in [4.69, 9.17) is 16.3 Å². The van der Waals surface area contributed by atoms with Crippen molar-refractivity contribution in [3.05, 3.63) is 52.3 Å². The van der Waals surface area contributed by atoms with E-state index in [1.54, 1.807) is 6.92 Å². The van der Waals surface area contributed by atoms with E-state index in [1.165, 1.54) is 82.1 Å². The Labute approximate surface area is 213 Å². The van der Waals surface area contributed by atoms with Crippen LogP contribution in [0.5, 0.6) is 5.75 Å². The predicted molar refractivity (Wildman–Crippen MR) is 137 cm³/mol. The van der Waals surface area contributed by atoms with Crippen LogP contribution in [0.25, 0.3) is 11.1 Å². The van der Waals surface area contributed by atoms with E-state index in [1.807, 2.05) is 0 Å². The van der Waals surface area contributed by atoms with Gasteiger partial charge in [0, 0.05) is 11.1 Å². The highest BCUT2D eigenvalue weighted by Crippen LogP contribution is 2.43. The molecule has 0 atom stereocenters. The molecule has 192 valence electrons. The molecule has 0 spiro atoms. The van der Waals surface area contributed by atoms with Gasteiger partial charge in [-0.1, -0.05) is 62.8 Å². The van der Waals surface area contributed by atoms with Crippen molar-refractivity contribution in [3.8, 4) is 16.9 Å². The molecule has 0 N–H and O–H groups in total. The van der Waals surface area contributed by atoms with Gasteiger partial charge in [0.1, 0.15) is 5.82 Å². The molecule has 4 rings (SSSR count). The summed E-state index contributed by atoms with van der Waals surface area (Å²) >= 11 is 6.06. The average molecular weight is 507 g/mol. The van der Waals surface area contributed by atoms with Crippen LogP contribution < -0.4 is 4.74 Å².